The van der Waals surface area contributed by atoms with Crippen LogP contribution in [0.25, 0.3) is 0 Å². The summed E-state index contributed by atoms with van der Waals surface area (Å²) in [6, 6.07) is 7.64. The van der Waals surface area contributed by atoms with Crippen molar-refractivity contribution in [2.75, 3.05) is 47.0 Å². The van der Waals surface area contributed by atoms with Crippen LogP contribution in [0.5, 0.6) is 5.75 Å². The molecule has 1 amide bonds. The van der Waals surface area contributed by atoms with Gasteiger partial charge < -0.3 is 25.0 Å². The average Bonchev–Trinajstić information content (AvgIpc) is 3.12. The van der Waals surface area contributed by atoms with Crippen molar-refractivity contribution in [2.45, 2.75) is 19.9 Å². The number of guanidine groups is 1. The number of ether oxygens (including phenoxy) is 2. The molecule has 0 spiro atoms. The zero-order valence-corrected chi connectivity index (χ0v) is 18.7. The highest BCUT2D eigenvalue weighted by Crippen LogP contribution is 2.16. The van der Waals surface area contributed by atoms with Crippen LogP contribution in [0.2, 0.25) is 0 Å². The summed E-state index contributed by atoms with van der Waals surface area (Å²) in [6.07, 6.45) is 1.09. The van der Waals surface area contributed by atoms with Gasteiger partial charge in [0, 0.05) is 39.2 Å². The Morgan fingerprint density at radius 2 is 2.00 bits per heavy atom. The fourth-order valence-electron chi connectivity index (χ4n) is 2.97. The van der Waals surface area contributed by atoms with Gasteiger partial charge in [0.25, 0.3) is 0 Å². The molecule has 1 unspecified atom stereocenters. The standard InChI is InChI=1S/C19H30N4O3.HI/c1-4-20-19(23-10-9-16(13-23)14-25-2)22-12-18(24)21-11-15-5-7-17(26-3)8-6-15;/h5-8,16H,4,9-14H2,1-3H3,(H,20,22)(H,21,24);1H. The predicted molar refractivity (Wildman–Crippen MR) is 118 cm³/mol. The minimum Gasteiger partial charge on any atom is -0.497 e. The van der Waals surface area contributed by atoms with Crippen LogP contribution in [-0.4, -0.2) is 63.8 Å². The summed E-state index contributed by atoms with van der Waals surface area (Å²) in [7, 11) is 3.36. The van der Waals surface area contributed by atoms with Crippen LogP contribution < -0.4 is 15.4 Å². The summed E-state index contributed by atoms with van der Waals surface area (Å²) < 4.78 is 10.4. The summed E-state index contributed by atoms with van der Waals surface area (Å²) in [5.41, 5.74) is 1.02. The minimum atomic E-state index is -0.0936. The highest BCUT2D eigenvalue weighted by Gasteiger charge is 2.24. The van der Waals surface area contributed by atoms with Crippen LogP contribution in [-0.2, 0) is 16.1 Å². The van der Waals surface area contributed by atoms with E-state index in [0.29, 0.717) is 12.5 Å². The van der Waals surface area contributed by atoms with Gasteiger partial charge in [-0.15, -0.1) is 24.0 Å². The van der Waals surface area contributed by atoms with Gasteiger partial charge in [0.05, 0.1) is 13.7 Å². The highest BCUT2D eigenvalue weighted by molar-refractivity contribution is 14.0. The van der Waals surface area contributed by atoms with Gasteiger partial charge in [-0.05, 0) is 31.0 Å². The van der Waals surface area contributed by atoms with Gasteiger partial charge in [-0.3, -0.25) is 4.79 Å². The molecule has 1 aliphatic heterocycles. The first-order chi connectivity index (χ1) is 12.7. The second kappa shape index (κ2) is 12.8. The van der Waals surface area contributed by atoms with Crippen LogP contribution in [0.1, 0.15) is 18.9 Å². The Morgan fingerprint density at radius 1 is 1.26 bits per heavy atom. The van der Waals surface area contributed by atoms with Gasteiger partial charge in [0.15, 0.2) is 5.96 Å². The van der Waals surface area contributed by atoms with Crippen LogP contribution in [0.4, 0.5) is 0 Å². The van der Waals surface area contributed by atoms with Crippen LogP contribution >= 0.6 is 24.0 Å². The lowest BCUT2D eigenvalue weighted by Crippen LogP contribution is -2.41. The van der Waals surface area contributed by atoms with E-state index in [1.807, 2.05) is 31.2 Å². The van der Waals surface area contributed by atoms with Crippen molar-refractivity contribution in [3.05, 3.63) is 29.8 Å². The second-order valence-electron chi connectivity index (χ2n) is 6.35. The molecule has 8 heteroatoms. The summed E-state index contributed by atoms with van der Waals surface area (Å²) in [6.45, 7) is 6.01. The number of amides is 1. The molecule has 0 radical (unpaired) electrons. The van der Waals surface area contributed by atoms with E-state index in [-0.39, 0.29) is 36.4 Å². The molecule has 1 aromatic rings. The van der Waals surface area contributed by atoms with Crippen molar-refractivity contribution in [3.8, 4) is 5.75 Å². The van der Waals surface area contributed by atoms with Gasteiger partial charge in [-0.1, -0.05) is 12.1 Å². The van der Waals surface area contributed by atoms with Gasteiger partial charge in [0.2, 0.25) is 5.91 Å². The molecule has 1 atom stereocenters. The molecule has 1 aliphatic rings. The Labute approximate surface area is 178 Å². The van der Waals surface area contributed by atoms with Crippen molar-refractivity contribution in [3.63, 3.8) is 0 Å². The number of benzene rings is 1. The number of carbonyl (C=O) groups excluding carboxylic acids is 1. The summed E-state index contributed by atoms with van der Waals surface area (Å²) in [4.78, 5) is 18.8. The largest absolute Gasteiger partial charge is 0.497 e. The van der Waals surface area contributed by atoms with Gasteiger partial charge >= 0.3 is 0 Å². The fraction of sp³-hybridized carbons (Fsp3) is 0.579. The summed E-state index contributed by atoms with van der Waals surface area (Å²) >= 11 is 0. The Kier molecular flexibility index (Phi) is 11.1. The molecule has 152 valence electrons. The molecular weight excluding hydrogens is 459 g/mol. The molecule has 0 aromatic heterocycles. The molecule has 1 saturated heterocycles. The Balaban J connectivity index is 0.00000364. The third kappa shape index (κ3) is 7.92. The zero-order chi connectivity index (χ0) is 18.8. The van der Waals surface area contributed by atoms with Crippen molar-refractivity contribution in [1.29, 1.82) is 0 Å². The van der Waals surface area contributed by atoms with Crippen molar-refractivity contribution in [1.82, 2.24) is 15.5 Å². The lowest BCUT2D eigenvalue weighted by atomic mass is 10.1. The Hall–Kier alpha value is -1.55. The number of hydrogen-bond acceptors (Lipinski definition) is 4. The number of likely N-dealkylation sites (tertiary alicyclic amines) is 1. The normalized spacial score (nSPS) is 16.6. The third-order valence-corrected chi connectivity index (χ3v) is 4.34. The molecule has 1 aromatic carbocycles. The molecule has 7 nitrogen and oxygen atoms in total. The third-order valence-electron chi connectivity index (χ3n) is 4.34. The number of hydrogen-bond donors (Lipinski definition) is 2. The molecule has 27 heavy (non-hydrogen) atoms. The first-order valence-electron chi connectivity index (χ1n) is 9.08. The van der Waals surface area contributed by atoms with Gasteiger partial charge in [-0.25, -0.2) is 4.99 Å². The van der Waals surface area contributed by atoms with Crippen LogP contribution in [0.15, 0.2) is 29.3 Å². The first-order valence-corrected chi connectivity index (χ1v) is 9.08. The lowest BCUT2D eigenvalue weighted by molar-refractivity contribution is -0.119. The molecule has 0 saturated carbocycles. The minimum absolute atomic E-state index is 0. The Bertz CT molecular complexity index is 595. The number of halogens is 1. The van der Waals surface area contributed by atoms with E-state index in [2.05, 4.69) is 20.5 Å². The number of nitrogens with zero attached hydrogens (tertiary/aromatic N) is 2. The van der Waals surface area contributed by atoms with E-state index in [9.17, 15) is 4.79 Å². The average molecular weight is 490 g/mol. The molecule has 0 bridgehead atoms. The second-order valence-corrected chi connectivity index (χ2v) is 6.35. The van der Waals surface area contributed by atoms with Crippen LogP contribution in [0.3, 0.4) is 0 Å². The quantitative estimate of drug-likeness (QED) is 0.331. The number of methoxy groups -OCH3 is 2. The van der Waals surface area contributed by atoms with E-state index in [0.717, 1.165) is 49.9 Å². The number of rotatable bonds is 8. The SMILES string of the molecule is CCNC(=NCC(=O)NCc1ccc(OC)cc1)N1CCC(COC)C1.I. The molecule has 1 fully saturated rings. The van der Waals surface area contributed by atoms with Crippen LogP contribution in [0, 0.1) is 5.92 Å². The number of nitrogens with one attached hydrogen (secondary N) is 2. The smallest absolute Gasteiger partial charge is 0.242 e. The summed E-state index contributed by atoms with van der Waals surface area (Å²) in [5, 5.41) is 6.17. The molecule has 0 aliphatic carbocycles. The van der Waals surface area contributed by atoms with E-state index >= 15 is 0 Å². The monoisotopic (exact) mass is 490 g/mol. The molecule has 2 N–H and O–H groups in total. The van der Waals surface area contributed by atoms with Crippen molar-refractivity contribution < 1.29 is 14.3 Å². The van der Waals surface area contributed by atoms with E-state index in [4.69, 9.17) is 9.47 Å². The van der Waals surface area contributed by atoms with E-state index < -0.39 is 0 Å². The highest BCUT2D eigenvalue weighted by atomic mass is 127. The topological polar surface area (TPSA) is 75.2 Å². The maximum atomic E-state index is 12.1. The predicted octanol–water partition coefficient (Wildman–Crippen LogP) is 1.86. The Morgan fingerprint density at radius 3 is 2.63 bits per heavy atom. The van der Waals surface area contributed by atoms with E-state index in [1.54, 1.807) is 14.2 Å². The zero-order valence-electron chi connectivity index (χ0n) is 16.4. The van der Waals surface area contributed by atoms with Gasteiger partial charge in [0.1, 0.15) is 12.3 Å². The first kappa shape index (κ1) is 23.5. The van der Waals surface area contributed by atoms with Crippen molar-refractivity contribution >= 4 is 35.8 Å². The molecular formula is C19H31IN4O3. The fourth-order valence-corrected chi connectivity index (χ4v) is 2.97. The summed E-state index contributed by atoms with van der Waals surface area (Å²) in [5.74, 6) is 2.03. The number of carbonyl (C=O) groups is 1. The van der Waals surface area contributed by atoms with Gasteiger partial charge in [-0.2, -0.15) is 0 Å². The maximum Gasteiger partial charge on any atom is 0.242 e. The van der Waals surface area contributed by atoms with E-state index in [1.165, 1.54) is 0 Å². The maximum absolute atomic E-state index is 12.1. The number of aliphatic imine (C=N–C) groups is 1. The molecule has 2 rings (SSSR count). The van der Waals surface area contributed by atoms with Crippen molar-refractivity contribution in [2.24, 2.45) is 10.9 Å². The lowest BCUT2D eigenvalue weighted by Gasteiger charge is -2.21. The molecule has 1 heterocycles.